The number of nitrogens with zero attached hydrogens (tertiary/aromatic N) is 2. The minimum absolute atomic E-state index is 0.0452. The monoisotopic (exact) mass is 477 g/mol. The molecular weight excluding hydrogens is 458 g/mol. The van der Waals surface area contributed by atoms with E-state index in [9.17, 15) is 14.4 Å². The summed E-state index contributed by atoms with van der Waals surface area (Å²) < 4.78 is 17.2. The Morgan fingerprint density at radius 2 is 2.09 bits per heavy atom. The molecule has 2 fully saturated rings. The van der Waals surface area contributed by atoms with E-state index in [1.54, 1.807) is 40.1 Å². The average Bonchev–Trinajstić information content (AvgIpc) is 3.29. The topological polar surface area (TPSA) is 97.4 Å². The number of amides is 3. The van der Waals surface area contributed by atoms with Gasteiger partial charge in [-0.25, -0.2) is 4.79 Å². The van der Waals surface area contributed by atoms with Crippen LogP contribution in [-0.2, 0) is 14.3 Å². The molecule has 2 saturated heterocycles. The molecule has 11 heteroatoms. The Kier molecular flexibility index (Phi) is 5.66. The van der Waals surface area contributed by atoms with Gasteiger partial charge in [0.1, 0.15) is 18.5 Å². The van der Waals surface area contributed by atoms with Gasteiger partial charge < -0.3 is 24.4 Å². The highest BCUT2D eigenvalue weighted by molar-refractivity contribution is 7.18. The number of thiophene rings is 1. The van der Waals surface area contributed by atoms with Crippen molar-refractivity contribution in [1.29, 1.82) is 0 Å². The maximum absolute atomic E-state index is 12.7. The molecule has 32 heavy (non-hydrogen) atoms. The Morgan fingerprint density at radius 1 is 1.22 bits per heavy atom. The predicted octanol–water partition coefficient (Wildman–Crippen LogP) is 2.67. The fourth-order valence-corrected chi connectivity index (χ4v) is 5.08. The standard InChI is InChI=1S/C21H20ClN3O6S/c22-18-4-3-17(32-18)20(27)23-10-16-14-5-7-30-15-9-12(24-6-8-29-11-19(24)26)1-2-13(15)25(14)21(28)31-16/h1-4,9,14,16H,5-8,10-11H2,(H,23,27)/t14-,16+/m1/s1. The summed E-state index contributed by atoms with van der Waals surface area (Å²) >= 11 is 7.09. The van der Waals surface area contributed by atoms with Crippen molar-refractivity contribution in [2.75, 3.05) is 42.7 Å². The molecule has 0 spiro atoms. The lowest BCUT2D eigenvalue weighted by molar-refractivity contribution is -0.125. The SMILES string of the molecule is O=C(NC[C@@H]1OC(=O)N2c3ccc(N4CCOCC4=O)cc3OCC[C@H]12)c1ccc(Cl)s1. The van der Waals surface area contributed by atoms with E-state index in [1.807, 2.05) is 0 Å². The van der Waals surface area contributed by atoms with Crippen molar-refractivity contribution in [3.05, 3.63) is 39.5 Å². The lowest BCUT2D eigenvalue weighted by Gasteiger charge is -2.28. The third-order valence-electron chi connectivity index (χ3n) is 5.64. The molecule has 1 aromatic heterocycles. The zero-order valence-corrected chi connectivity index (χ0v) is 18.5. The van der Waals surface area contributed by atoms with E-state index in [0.29, 0.717) is 52.5 Å². The second kappa shape index (κ2) is 8.61. The summed E-state index contributed by atoms with van der Waals surface area (Å²) in [4.78, 5) is 41.0. The van der Waals surface area contributed by atoms with Gasteiger partial charge in [0.2, 0.25) is 0 Å². The Bertz CT molecular complexity index is 1080. The lowest BCUT2D eigenvalue weighted by atomic mass is 10.1. The van der Waals surface area contributed by atoms with Crippen molar-refractivity contribution >= 4 is 52.2 Å². The molecule has 5 rings (SSSR count). The highest BCUT2D eigenvalue weighted by atomic mass is 35.5. The fourth-order valence-electron chi connectivity index (χ4n) is 4.12. The second-order valence-electron chi connectivity index (χ2n) is 7.56. The smallest absolute Gasteiger partial charge is 0.415 e. The van der Waals surface area contributed by atoms with Crippen LogP contribution in [-0.4, -0.2) is 63.0 Å². The van der Waals surface area contributed by atoms with E-state index in [0.717, 1.165) is 0 Å². The summed E-state index contributed by atoms with van der Waals surface area (Å²) in [6.07, 6.45) is -0.468. The molecule has 3 aliphatic heterocycles. The van der Waals surface area contributed by atoms with Crippen molar-refractivity contribution in [2.24, 2.45) is 0 Å². The number of cyclic esters (lactones) is 1. The first-order valence-corrected chi connectivity index (χ1v) is 11.4. The Balaban J connectivity index is 1.33. The summed E-state index contributed by atoms with van der Waals surface area (Å²) in [5.74, 6) is 0.131. The van der Waals surface area contributed by atoms with Gasteiger partial charge in [-0.15, -0.1) is 11.3 Å². The largest absolute Gasteiger partial charge is 0.491 e. The molecule has 168 valence electrons. The highest BCUT2D eigenvalue weighted by Crippen LogP contribution is 2.40. The van der Waals surface area contributed by atoms with Gasteiger partial charge >= 0.3 is 6.09 Å². The number of benzene rings is 1. The molecule has 9 nitrogen and oxygen atoms in total. The van der Waals surface area contributed by atoms with E-state index >= 15 is 0 Å². The van der Waals surface area contributed by atoms with Crippen LogP contribution >= 0.6 is 22.9 Å². The van der Waals surface area contributed by atoms with Gasteiger partial charge in [-0.05, 0) is 24.3 Å². The second-order valence-corrected chi connectivity index (χ2v) is 9.28. The van der Waals surface area contributed by atoms with Crippen molar-refractivity contribution in [1.82, 2.24) is 5.32 Å². The van der Waals surface area contributed by atoms with E-state index in [1.165, 1.54) is 11.3 Å². The number of carbonyl (C=O) groups excluding carboxylic acids is 3. The number of hydrogen-bond acceptors (Lipinski definition) is 7. The Labute approximate surface area is 192 Å². The van der Waals surface area contributed by atoms with Crippen molar-refractivity contribution < 1.29 is 28.6 Å². The third kappa shape index (κ3) is 3.89. The van der Waals surface area contributed by atoms with Gasteiger partial charge in [0, 0.05) is 24.7 Å². The van der Waals surface area contributed by atoms with Crippen LogP contribution < -0.4 is 19.9 Å². The summed E-state index contributed by atoms with van der Waals surface area (Å²) in [6, 6.07) is 8.35. The maximum Gasteiger partial charge on any atom is 0.415 e. The highest BCUT2D eigenvalue weighted by Gasteiger charge is 2.45. The number of fused-ring (bicyclic) bond motifs is 3. The van der Waals surface area contributed by atoms with Crippen LogP contribution in [0.15, 0.2) is 30.3 Å². The van der Waals surface area contributed by atoms with Gasteiger partial charge in [0.15, 0.2) is 0 Å². The number of halogens is 1. The maximum atomic E-state index is 12.7. The summed E-state index contributed by atoms with van der Waals surface area (Å²) in [5.41, 5.74) is 1.28. The van der Waals surface area contributed by atoms with E-state index in [-0.39, 0.29) is 31.0 Å². The number of anilines is 2. The van der Waals surface area contributed by atoms with Crippen LogP contribution in [0.5, 0.6) is 5.75 Å². The molecule has 0 aliphatic carbocycles. The first kappa shape index (κ1) is 21.0. The Morgan fingerprint density at radius 3 is 2.88 bits per heavy atom. The minimum Gasteiger partial charge on any atom is -0.491 e. The van der Waals surface area contributed by atoms with E-state index in [4.69, 9.17) is 25.8 Å². The van der Waals surface area contributed by atoms with Gasteiger partial charge in [-0.2, -0.15) is 0 Å². The van der Waals surface area contributed by atoms with Gasteiger partial charge in [0.05, 0.1) is 40.7 Å². The molecule has 2 aromatic rings. The van der Waals surface area contributed by atoms with Crippen LogP contribution in [0, 0.1) is 0 Å². The van der Waals surface area contributed by atoms with Crippen LogP contribution in [0.3, 0.4) is 0 Å². The molecule has 4 heterocycles. The molecule has 0 bridgehead atoms. The fraction of sp³-hybridized carbons (Fsp3) is 0.381. The normalized spacial score (nSPS) is 22.5. The Hall–Kier alpha value is -2.82. The summed E-state index contributed by atoms with van der Waals surface area (Å²) in [6.45, 7) is 1.52. The number of rotatable bonds is 4. The molecule has 3 amide bonds. The third-order valence-corrected chi connectivity index (χ3v) is 6.87. The molecule has 0 radical (unpaired) electrons. The number of ether oxygens (including phenoxy) is 3. The van der Waals surface area contributed by atoms with E-state index < -0.39 is 12.2 Å². The molecular formula is C21H20ClN3O6S. The van der Waals surface area contributed by atoms with Crippen molar-refractivity contribution in [3.8, 4) is 5.75 Å². The number of carbonyl (C=O) groups is 3. The van der Waals surface area contributed by atoms with Crippen LogP contribution in [0.4, 0.5) is 16.2 Å². The number of nitrogens with one attached hydrogen (secondary N) is 1. The van der Waals surface area contributed by atoms with Gasteiger partial charge in [-0.1, -0.05) is 11.6 Å². The summed E-state index contributed by atoms with van der Waals surface area (Å²) in [7, 11) is 0. The zero-order valence-electron chi connectivity index (χ0n) is 16.9. The minimum atomic E-state index is -0.517. The van der Waals surface area contributed by atoms with E-state index in [2.05, 4.69) is 5.32 Å². The van der Waals surface area contributed by atoms with Gasteiger partial charge in [-0.3, -0.25) is 14.5 Å². The van der Waals surface area contributed by atoms with Gasteiger partial charge in [0.25, 0.3) is 11.8 Å². The molecule has 0 saturated carbocycles. The average molecular weight is 478 g/mol. The molecule has 3 aliphatic rings. The van der Waals surface area contributed by atoms with Crippen LogP contribution in [0.2, 0.25) is 4.34 Å². The molecule has 2 atom stereocenters. The van der Waals surface area contributed by atoms with Crippen LogP contribution in [0.1, 0.15) is 16.1 Å². The van der Waals surface area contributed by atoms with Crippen LogP contribution in [0.25, 0.3) is 0 Å². The molecule has 1 aromatic carbocycles. The van der Waals surface area contributed by atoms with Crippen molar-refractivity contribution in [2.45, 2.75) is 18.6 Å². The molecule has 0 unspecified atom stereocenters. The number of morpholine rings is 1. The first-order valence-electron chi connectivity index (χ1n) is 10.2. The quantitative estimate of drug-likeness (QED) is 0.727. The van der Waals surface area contributed by atoms with Crippen molar-refractivity contribution in [3.63, 3.8) is 0 Å². The zero-order chi connectivity index (χ0) is 22.2. The number of hydrogen-bond donors (Lipinski definition) is 1. The molecule has 1 N–H and O–H groups in total. The predicted molar refractivity (Wildman–Crippen MR) is 118 cm³/mol. The first-order chi connectivity index (χ1) is 15.5. The lowest BCUT2D eigenvalue weighted by Crippen LogP contribution is -2.42. The summed E-state index contributed by atoms with van der Waals surface area (Å²) in [5, 5.41) is 2.82.